The number of likely N-dealkylation sites (tertiary alicyclic amines) is 1. The van der Waals surface area contributed by atoms with Gasteiger partial charge in [-0.05, 0) is 42.5 Å². The number of aliphatic hydroxyl groups is 1. The second-order valence-electron chi connectivity index (χ2n) is 6.00. The first kappa shape index (κ1) is 17.8. The maximum absolute atomic E-state index is 12.6. The van der Waals surface area contributed by atoms with E-state index in [0.29, 0.717) is 17.1 Å². The van der Waals surface area contributed by atoms with Crippen LogP contribution >= 0.6 is 0 Å². The number of hydrogen-bond donors (Lipinski definition) is 2. The van der Waals surface area contributed by atoms with Crippen molar-refractivity contribution in [2.75, 3.05) is 20.2 Å². The summed E-state index contributed by atoms with van der Waals surface area (Å²) in [5, 5.41) is 19.3. The van der Waals surface area contributed by atoms with Gasteiger partial charge in [0.05, 0.1) is 25.8 Å². The van der Waals surface area contributed by atoms with Gasteiger partial charge in [0.15, 0.2) is 0 Å². The van der Waals surface area contributed by atoms with Crippen molar-refractivity contribution in [3.63, 3.8) is 0 Å². The number of rotatable bonds is 5. The molecule has 7 nitrogen and oxygen atoms in total. The molecule has 0 aliphatic carbocycles. The van der Waals surface area contributed by atoms with Crippen molar-refractivity contribution in [1.82, 2.24) is 4.90 Å². The summed E-state index contributed by atoms with van der Waals surface area (Å²) >= 11 is 0. The average Bonchev–Trinajstić information content (AvgIpc) is 3.02. The molecule has 136 valence electrons. The fraction of sp³-hybridized carbons (Fsp3) is 0.263. The molecule has 1 amide bonds. The summed E-state index contributed by atoms with van der Waals surface area (Å²) in [6.45, 7) is 0.359. The van der Waals surface area contributed by atoms with Crippen LogP contribution in [0.4, 0.5) is 0 Å². The van der Waals surface area contributed by atoms with Crippen LogP contribution in [0.1, 0.15) is 20.7 Å². The number of carbonyl (C=O) groups is 2. The molecule has 7 heteroatoms. The maximum Gasteiger partial charge on any atom is 0.335 e. The predicted octanol–water partition coefficient (Wildman–Crippen LogP) is 1.66. The molecule has 0 saturated carbocycles. The summed E-state index contributed by atoms with van der Waals surface area (Å²) in [5.41, 5.74) is 0.590. The van der Waals surface area contributed by atoms with Crippen molar-refractivity contribution in [3.05, 3.63) is 59.7 Å². The van der Waals surface area contributed by atoms with E-state index in [0.717, 1.165) is 0 Å². The third-order valence-electron chi connectivity index (χ3n) is 4.23. The number of benzene rings is 2. The molecule has 0 bridgehead atoms. The van der Waals surface area contributed by atoms with Gasteiger partial charge in [-0.2, -0.15) is 0 Å². The summed E-state index contributed by atoms with van der Waals surface area (Å²) in [4.78, 5) is 25.1. The third-order valence-corrected chi connectivity index (χ3v) is 4.23. The van der Waals surface area contributed by atoms with Gasteiger partial charge in [-0.3, -0.25) is 4.79 Å². The molecule has 0 radical (unpaired) electrons. The van der Waals surface area contributed by atoms with E-state index < -0.39 is 18.2 Å². The Labute approximate surface area is 150 Å². The standard InChI is InChI=1S/C19H19NO6/c1-25-14-7-5-12(6-8-14)18(22)20-10-16(21)17(11-20)26-15-4-2-3-13(9-15)19(23)24/h2-9,16-17,21H,10-11H2,1H3,(H,23,24)/t16-,17-/m1/s1. The topological polar surface area (TPSA) is 96.3 Å². The second kappa shape index (κ2) is 7.45. The Kier molecular flexibility index (Phi) is 5.09. The fourth-order valence-corrected chi connectivity index (χ4v) is 2.83. The number of nitrogens with zero attached hydrogens (tertiary/aromatic N) is 1. The second-order valence-corrected chi connectivity index (χ2v) is 6.00. The van der Waals surface area contributed by atoms with Gasteiger partial charge in [0.1, 0.15) is 23.7 Å². The van der Waals surface area contributed by atoms with Crippen LogP contribution in [-0.4, -0.2) is 59.4 Å². The van der Waals surface area contributed by atoms with Crippen molar-refractivity contribution >= 4 is 11.9 Å². The van der Waals surface area contributed by atoms with Crippen molar-refractivity contribution in [1.29, 1.82) is 0 Å². The van der Waals surface area contributed by atoms with Crippen molar-refractivity contribution in [2.24, 2.45) is 0 Å². The van der Waals surface area contributed by atoms with E-state index in [2.05, 4.69) is 0 Å². The van der Waals surface area contributed by atoms with E-state index >= 15 is 0 Å². The zero-order valence-electron chi connectivity index (χ0n) is 14.2. The van der Waals surface area contributed by atoms with Crippen LogP contribution in [0.15, 0.2) is 48.5 Å². The van der Waals surface area contributed by atoms with Gasteiger partial charge >= 0.3 is 5.97 Å². The zero-order chi connectivity index (χ0) is 18.7. The lowest BCUT2D eigenvalue weighted by Crippen LogP contribution is -2.31. The molecule has 3 rings (SSSR count). The van der Waals surface area contributed by atoms with Gasteiger partial charge in [-0.25, -0.2) is 4.79 Å². The van der Waals surface area contributed by atoms with E-state index in [1.807, 2.05) is 0 Å². The van der Waals surface area contributed by atoms with Gasteiger partial charge in [0.2, 0.25) is 0 Å². The molecule has 2 N–H and O–H groups in total. The van der Waals surface area contributed by atoms with E-state index in [1.165, 1.54) is 17.0 Å². The Morgan fingerprint density at radius 1 is 1.04 bits per heavy atom. The Balaban J connectivity index is 1.68. The molecule has 1 heterocycles. The van der Waals surface area contributed by atoms with Crippen molar-refractivity contribution in [3.8, 4) is 11.5 Å². The number of hydrogen-bond acceptors (Lipinski definition) is 5. The third kappa shape index (κ3) is 3.78. The van der Waals surface area contributed by atoms with Gasteiger partial charge in [0.25, 0.3) is 5.91 Å². The molecule has 1 aliphatic heterocycles. The molecule has 0 unspecified atom stereocenters. The predicted molar refractivity (Wildman–Crippen MR) is 92.7 cm³/mol. The highest BCUT2D eigenvalue weighted by Crippen LogP contribution is 2.22. The first-order valence-electron chi connectivity index (χ1n) is 8.09. The number of methoxy groups -OCH3 is 1. The largest absolute Gasteiger partial charge is 0.497 e. The average molecular weight is 357 g/mol. The molecule has 0 spiro atoms. The minimum atomic E-state index is -1.06. The lowest BCUT2D eigenvalue weighted by atomic mass is 10.2. The molecule has 26 heavy (non-hydrogen) atoms. The van der Waals surface area contributed by atoms with Crippen LogP contribution in [-0.2, 0) is 0 Å². The summed E-state index contributed by atoms with van der Waals surface area (Å²) in [7, 11) is 1.55. The minimum Gasteiger partial charge on any atom is -0.497 e. The van der Waals surface area contributed by atoms with Crippen molar-refractivity contribution in [2.45, 2.75) is 12.2 Å². The SMILES string of the molecule is COc1ccc(C(=O)N2C[C@@H](O)[C@H](Oc3cccc(C(=O)O)c3)C2)cc1. The molecule has 1 saturated heterocycles. The highest BCUT2D eigenvalue weighted by Gasteiger charge is 2.36. The number of carboxylic acid groups (broad SMARTS) is 1. The Bertz CT molecular complexity index is 804. The fourth-order valence-electron chi connectivity index (χ4n) is 2.83. The van der Waals surface area contributed by atoms with Crippen LogP contribution < -0.4 is 9.47 Å². The van der Waals surface area contributed by atoms with Crippen molar-refractivity contribution < 1.29 is 29.3 Å². The Hall–Kier alpha value is -3.06. The normalized spacial score (nSPS) is 19.2. The zero-order valence-corrected chi connectivity index (χ0v) is 14.2. The summed E-state index contributed by atoms with van der Waals surface area (Å²) in [6, 6.07) is 12.8. The first-order chi connectivity index (χ1) is 12.5. The number of aromatic carboxylic acids is 1. The van der Waals surface area contributed by atoms with Gasteiger partial charge in [-0.15, -0.1) is 0 Å². The lowest BCUT2D eigenvalue weighted by Gasteiger charge is -2.17. The van der Waals surface area contributed by atoms with Gasteiger partial charge in [0, 0.05) is 5.56 Å². The van der Waals surface area contributed by atoms with Crippen LogP contribution in [0.2, 0.25) is 0 Å². The number of β-amino-alcohol motifs (C(OH)–C–C–N with tert-alkyl or cyclic N) is 1. The number of amides is 1. The highest BCUT2D eigenvalue weighted by molar-refractivity contribution is 5.94. The van der Waals surface area contributed by atoms with E-state index in [9.17, 15) is 14.7 Å². The first-order valence-corrected chi connectivity index (χ1v) is 8.09. The molecule has 2 aromatic carbocycles. The summed E-state index contributed by atoms with van der Waals surface area (Å²) < 4.78 is 10.8. The number of ether oxygens (including phenoxy) is 2. The summed E-state index contributed by atoms with van der Waals surface area (Å²) in [6.07, 6.45) is -1.48. The molecule has 2 atom stereocenters. The van der Waals surface area contributed by atoms with Gasteiger partial charge < -0.3 is 24.6 Å². The smallest absolute Gasteiger partial charge is 0.335 e. The van der Waals surface area contributed by atoms with E-state index in [1.54, 1.807) is 43.5 Å². The quantitative estimate of drug-likeness (QED) is 0.845. The molecule has 2 aromatic rings. The van der Waals surface area contributed by atoms with Crippen LogP contribution in [0.5, 0.6) is 11.5 Å². The monoisotopic (exact) mass is 357 g/mol. The maximum atomic E-state index is 12.6. The number of carboxylic acids is 1. The number of aliphatic hydroxyl groups excluding tert-OH is 1. The van der Waals surface area contributed by atoms with E-state index in [4.69, 9.17) is 14.6 Å². The molecular formula is C19H19NO6. The van der Waals surface area contributed by atoms with Crippen LogP contribution in [0.25, 0.3) is 0 Å². The lowest BCUT2D eigenvalue weighted by molar-refractivity contribution is 0.0686. The molecule has 1 aliphatic rings. The molecule has 0 aromatic heterocycles. The summed E-state index contributed by atoms with van der Waals surface area (Å²) in [5.74, 6) is -0.272. The molecular weight excluding hydrogens is 338 g/mol. The van der Waals surface area contributed by atoms with Crippen LogP contribution in [0.3, 0.4) is 0 Å². The Morgan fingerprint density at radius 3 is 2.42 bits per heavy atom. The Morgan fingerprint density at radius 2 is 1.77 bits per heavy atom. The van der Waals surface area contributed by atoms with Crippen LogP contribution in [0, 0.1) is 0 Å². The molecule has 1 fully saturated rings. The minimum absolute atomic E-state index is 0.0983. The highest BCUT2D eigenvalue weighted by atomic mass is 16.5. The van der Waals surface area contributed by atoms with E-state index in [-0.39, 0.29) is 24.6 Å². The van der Waals surface area contributed by atoms with Gasteiger partial charge in [-0.1, -0.05) is 6.07 Å². The number of carbonyl (C=O) groups excluding carboxylic acids is 1.